The van der Waals surface area contributed by atoms with Crippen LogP contribution in [0.4, 0.5) is 87.8 Å². The molecule has 1 heterocycles. The van der Waals surface area contributed by atoms with Gasteiger partial charge in [0.05, 0.1) is 5.39 Å². The molecule has 0 radical (unpaired) electrons. The van der Waals surface area contributed by atoms with E-state index in [-0.39, 0.29) is 6.73 Å². The van der Waals surface area contributed by atoms with Gasteiger partial charge in [-0.05, 0) is 17.0 Å². The number of azide groups is 1. The molecule has 0 aliphatic rings. The third-order valence-electron chi connectivity index (χ3n) is 10.1. The fraction of sp³-hybridized carbons (Fsp3) is 0.0488. The molecule has 0 fully saturated rings. The van der Waals surface area contributed by atoms with E-state index in [9.17, 15) is 52.7 Å². The molecule has 7 rings (SSSR count). The number of hydrogen-bond acceptors (Lipinski definition) is 2. The summed E-state index contributed by atoms with van der Waals surface area (Å²) in [5.74, 6) is -70.7. The Morgan fingerprint density at radius 3 is 1.07 bits per heavy atom. The number of halogens is 20. The predicted molar refractivity (Wildman–Crippen MR) is 194 cm³/mol. The average Bonchev–Trinajstić information content (AvgIpc) is 3.32. The van der Waals surface area contributed by atoms with E-state index in [4.69, 9.17) is 10.3 Å². The van der Waals surface area contributed by atoms with Crippen LogP contribution in [0.15, 0.2) is 72.0 Å². The second kappa shape index (κ2) is 18.8. The maximum Gasteiger partial charge on any atom is 0.376 e. The van der Waals surface area contributed by atoms with Crippen molar-refractivity contribution in [3.63, 3.8) is 0 Å². The van der Waals surface area contributed by atoms with Gasteiger partial charge in [-0.3, -0.25) is 0 Å². The van der Waals surface area contributed by atoms with Gasteiger partial charge in [0.15, 0.2) is 89.3 Å². The Bertz CT molecular complexity index is 2810. The van der Waals surface area contributed by atoms with Crippen LogP contribution in [-0.2, 0) is 6.54 Å². The lowest BCUT2D eigenvalue weighted by Crippen LogP contribution is -2.81. The van der Waals surface area contributed by atoms with Crippen LogP contribution in [0.5, 0.6) is 5.88 Å². The van der Waals surface area contributed by atoms with Crippen molar-refractivity contribution in [2.75, 3.05) is 6.73 Å². The molecule has 0 amide bonds. The molecule has 6 aromatic carbocycles. The molecule has 1 aromatic heterocycles. The van der Waals surface area contributed by atoms with Gasteiger partial charge in [0.1, 0.15) is 52.7 Å². The first kappa shape index (κ1) is 48.9. The van der Waals surface area contributed by atoms with Crippen molar-refractivity contribution in [1.29, 1.82) is 0 Å². The highest BCUT2D eigenvalue weighted by Crippen LogP contribution is 2.31. The van der Waals surface area contributed by atoms with Gasteiger partial charge in [0.2, 0.25) is 0 Å². The van der Waals surface area contributed by atoms with Crippen molar-refractivity contribution in [2.24, 2.45) is 5.11 Å². The van der Waals surface area contributed by atoms with Gasteiger partial charge >= 0.3 is 5.88 Å². The monoisotopic (exact) mass is 970 g/mol. The van der Waals surface area contributed by atoms with Gasteiger partial charge in [-0.15, -0.1) is 21.9 Å². The molecule has 67 heavy (non-hydrogen) atoms. The SMILES string of the molecule is Fc1c(F)c(F)c([B-](c2c(F)c(F)c(F)c(F)c2F)(c2c(F)c(F)c(F)c(F)c2F)c2c(F)c(F)c(F)c(F)c2F)c(F)c1F.[N-]=[N+]=NCOc1c2ccccc2cc[n+]1Cc1ccccc1. The fourth-order valence-corrected chi connectivity index (χ4v) is 7.29. The molecular formula is C41H15BF20N4O. The van der Waals surface area contributed by atoms with E-state index in [0.29, 0.717) is 12.4 Å². The van der Waals surface area contributed by atoms with Gasteiger partial charge in [-0.25, -0.2) is 87.8 Å². The molecule has 348 valence electrons. The summed E-state index contributed by atoms with van der Waals surface area (Å²) in [6.45, 7) is 0.663. The Morgan fingerprint density at radius 2 is 0.731 bits per heavy atom. The van der Waals surface area contributed by atoms with Crippen LogP contribution >= 0.6 is 0 Å². The molecule has 0 unspecified atom stereocenters. The number of hydrogen-bond donors (Lipinski definition) is 0. The number of ether oxygens (including phenoxy) is 1. The largest absolute Gasteiger partial charge is 0.438 e. The van der Waals surface area contributed by atoms with Gasteiger partial charge in [-0.2, -0.15) is 4.57 Å². The Hall–Kier alpha value is -7.50. The van der Waals surface area contributed by atoms with E-state index < -0.39 is 144 Å². The molecule has 0 atom stereocenters. The number of benzene rings is 6. The smallest absolute Gasteiger partial charge is 0.376 e. The minimum absolute atomic E-state index is 0.0285. The molecule has 0 N–H and O–H groups in total. The summed E-state index contributed by atoms with van der Waals surface area (Å²) in [6.07, 6.45) is -5.23. The second-order valence-electron chi connectivity index (χ2n) is 13.6. The first-order valence-corrected chi connectivity index (χ1v) is 17.9. The van der Waals surface area contributed by atoms with Gasteiger partial charge < -0.3 is 4.74 Å². The van der Waals surface area contributed by atoms with Crippen molar-refractivity contribution in [3.8, 4) is 5.88 Å². The van der Waals surface area contributed by atoms with Crippen LogP contribution < -0.4 is 31.2 Å². The lowest BCUT2D eigenvalue weighted by molar-refractivity contribution is -0.692. The fourth-order valence-electron chi connectivity index (χ4n) is 7.29. The lowest BCUT2D eigenvalue weighted by Gasteiger charge is -2.44. The van der Waals surface area contributed by atoms with E-state index in [0.717, 1.165) is 10.8 Å². The quantitative estimate of drug-likeness (QED) is 0.0208. The molecule has 0 saturated heterocycles. The van der Waals surface area contributed by atoms with Crippen molar-refractivity contribution in [2.45, 2.75) is 6.54 Å². The zero-order valence-electron chi connectivity index (χ0n) is 32.1. The highest BCUT2D eigenvalue weighted by Gasteiger charge is 2.52. The number of fused-ring (bicyclic) bond motifs is 1. The molecule has 0 aliphatic carbocycles. The second-order valence-corrected chi connectivity index (χ2v) is 13.6. The van der Waals surface area contributed by atoms with Crippen LogP contribution in [0.25, 0.3) is 21.2 Å². The average molecular weight is 970 g/mol. The van der Waals surface area contributed by atoms with Gasteiger partial charge in [0.25, 0.3) is 0 Å². The summed E-state index contributed by atoms with van der Waals surface area (Å²) in [6, 6.07) is 20.2. The summed E-state index contributed by atoms with van der Waals surface area (Å²) < 4.78 is 302. The minimum Gasteiger partial charge on any atom is -0.438 e. The molecule has 0 spiro atoms. The first-order valence-electron chi connectivity index (χ1n) is 17.9. The molecular weight excluding hydrogens is 955 g/mol. The van der Waals surface area contributed by atoms with Crippen LogP contribution in [0.2, 0.25) is 0 Å². The zero-order chi connectivity index (χ0) is 49.6. The van der Waals surface area contributed by atoms with Crippen LogP contribution in [-0.4, -0.2) is 12.9 Å². The summed E-state index contributed by atoms with van der Waals surface area (Å²) in [5.41, 5.74) is -4.72. The maximum absolute atomic E-state index is 15.4. The van der Waals surface area contributed by atoms with E-state index in [1.54, 1.807) is 0 Å². The summed E-state index contributed by atoms with van der Waals surface area (Å²) in [5, 5.41) is 5.55. The maximum atomic E-state index is 15.4. The van der Waals surface area contributed by atoms with E-state index in [1.165, 1.54) is 5.56 Å². The molecule has 0 saturated carbocycles. The lowest BCUT2D eigenvalue weighted by atomic mass is 9.12. The summed E-state index contributed by atoms with van der Waals surface area (Å²) >= 11 is 0. The third kappa shape index (κ3) is 7.93. The zero-order valence-corrected chi connectivity index (χ0v) is 32.1. The predicted octanol–water partition coefficient (Wildman–Crippen LogP) is 9.67. The van der Waals surface area contributed by atoms with Crippen molar-refractivity contribution in [1.82, 2.24) is 0 Å². The Balaban J connectivity index is 0.000000279. The Morgan fingerprint density at radius 1 is 0.418 bits per heavy atom. The van der Waals surface area contributed by atoms with Crippen molar-refractivity contribution < 1.29 is 97.1 Å². The molecule has 5 nitrogen and oxygen atoms in total. The van der Waals surface area contributed by atoms with E-state index in [1.807, 2.05) is 53.2 Å². The number of aromatic nitrogens is 1. The Labute approximate surface area is 359 Å². The highest BCUT2D eigenvalue weighted by molar-refractivity contribution is 7.20. The van der Waals surface area contributed by atoms with Gasteiger partial charge in [-0.1, -0.05) is 53.6 Å². The van der Waals surface area contributed by atoms with Gasteiger partial charge in [0, 0.05) is 16.5 Å². The standard InChI is InChI=1S/C24BF20.C17H15N4O/c26-5-1(6(27)14(35)21(42)13(5)34)25(2-7(28)15(36)22(43)16(37)8(2)29,3-9(30)17(38)23(44)18(39)10(3)31)4-11(32)19(40)24(45)20(41)12(4)33;18-20-19-13-22-17-16-9-5-4-8-15(16)10-11-21(17)12-14-6-2-1-3-7-14/h;1-11H,12-13H2/q-1;+1. The number of nitrogens with zero attached hydrogens (tertiary/aromatic N) is 4. The van der Waals surface area contributed by atoms with Crippen molar-refractivity contribution in [3.05, 3.63) is 199 Å². The van der Waals surface area contributed by atoms with E-state index in [2.05, 4.69) is 28.2 Å². The Kier molecular flexibility index (Phi) is 13.7. The molecule has 26 heteroatoms. The molecule has 0 aliphatic heterocycles. The summed E-state index contributed by atoms with van der Waals surface area (Å²) in [4.78, 5) is 2.74. The normalized spacial score (nSPS) is 11.4. The summed E-state index contributed by atoms with van der Waals surface area (Å²) in [7, 11) is 0. The third-order valence-corrected chi connectivity index (χ3v) is 10.1. The topological polar surface area (TPSA) is 61.9 Å². The minimum atomic E-state index is -7.22. The highest BCUT2D eigenvalue weighted by atomic mass is 19.2. The van der Waals surface area contributed by atoms with E-state index >= 15 is 35.1 Å². The van der Waals surface area contributed by atoms with Crippen LogP contribution in [0.3, 0.4) is 0 Å². The van der Waals surface area contributed by atoms with Crippen LogP contribution in [0.1, 0.15) is 5.56 Å². The number of rotatable bonds is 9. The first-order chi connectivity index (χ1) is 31.6. The number of pyridine rings is 1. The van der Waals surface area contributed by atoms with Crippen molar-refractivity contribution >= 4 is 38.8 Å². The molecule has 0 bridgehead atoms. The van der Waals surface area contributed by atoms with Crippen LogP contribution in [0, 0.1) is 116 Å². The molecule has 7 aromatic rings.